The van der Waals surface area contributed by atoms with Crippen LogP contribution in [0.3, 0.4) is 0 Å². The molecule has 0 bridgehead atoms. The molecule has 0 aromatic carbocycles. The highest BCUT2D eigenvalue weighted by Crippen LogP contribution is 2.09. The fourth-order valence-electron chi connectivity index (χ4n) is 1.26. The molecule has 15 heavy (non-hydrogen) atoms. The van der Waals surface area contributed by atoms with Crippen molar-refractivity contribution in [3.05, 3.63) is 23.7 Å². The summed E-state index contributed by atoms with van der Waals surface area (Å²) in [5, 5.41) is 20.2. The Morgan fingerprint density at radius 2 is 2.27 bits per heavy atom. The van der Waals surface area contributed by atoms with Crippen LogP contribution in [0.25, 0.3) is 5.82 Å². The highest BCUT2D eigenvalue weighted by atomic mass is 16.4. The van der Waals surface area contributed by atoms with E-state index in [1.54, 1.807) is 30.9 Å². The fraction of sp³-hybridized carbons (Fsp3) is 0.250. The Morgan fingerprint density at radius 3 is 2.73 bits per heavy atom. The van der Waals surface area contributed by atoms with Crippen molar-refractivity contribution in [2.24, 2.45) is 7.05 Å². The van der Waals surface area contributed by atoms with Crippen molar-refractivity contribution < 1.29 is 9.90 Å². The zero-order chi connectivity index (χ0) is 11.0. The lowest BCUT2D eigenvalue weighted by Crippen LogP contribution is -2.03. The van der Waals surface area contributed by atoms with Gasteiger partial charge in [0, 0.05) is 19.3 Å². The zero-order valence-electron chi connectivity index (χ0n) is 8.25. The van der Waals surface area contributed by atoms with E-state index in [0.717, 1.165) is 0 Å². The molecule has 0 aliphatic carbocycles. The van der Waals surface area contributed by atoms with Crippen LogP contribution in [0.2, 0.25) is 0 Å². The predicted molar refractivity (Wildman–Crippen MR) is 49.8 cm³/mol. The highest BCUT2D eigenvalue weighted by Gasteiger charge is 2.16. The average Bonchev–Trinajstić information content (AvgIpc) is 2.71. The lowest BCUT2D eigenvalue weighted by Gasteiger charge is -1.96. The van der Waals surface area contributed by atoms with Crippen LogP contribution in [0, 0.1) is 6.92 Å². The monoisotopic (exact) mass is 207 g/mol. The summed E-state index contributed by atoms with van der Waals surface area (Å²) in [7, 11) is 1.77. The minimum atomic E-state index is -1.09. The van der Waals surface area contributed by atoms with E-state index in [0.29, 0.717) is 11.5 Å². The molecule has 0 aliphatic rings. The van der Waals surface area contributed by atoms with Crippen LogP contribution >= 0.6 is 0 Å². The van der Waals surface area contributed by atoms with Crippen molar-refractivity contribution in [1.82, 2.24) is 24.8 Å². The summed E-state index contributed by atoms with van der Waals surface area (Å²) in [4.78, 5) is 10.7. The first-order valence-corrected chi connectivity index (χ1v) is 4.25. The molecule has 7 heteroatoms. The zero-order valence-corrected chi connectivity index (χ0v) is 8.25. The van der Waals surface area contributed by atoms with E-state index in [4.69, 9.17) is 5.11 Å². The van der Waals surface area contributed by atoms with E-state index in [-0.39, 0.29) is 5.69 Å². The van der Waals surface area contributed by atoms with Crippen LogP contribution in [0.1, 0.15) is 16.2 Å². The van der Waals surface area contributed by atoms with Crippen LogP contribution in [-0.2, 0) is 7.05 Å². The Labute approximate surface area is 84.9 Å². The molecule has 2 heterocycles. The lowest BCUT2D eigenvalue weighted by molar-refractivity contribution is 0.0689. The van der Waals surface area contributed by atoms with E-state index in [1.165, 1.54) is 4.68 Å². The second-order valence-corrected chi connectivity index (χ2v) is 3.09. The van der Waals surface area contributed by atoms with E-state index in [2.05, 4.69) is 15.4 Å². The second-order valence-electron chi connectivity index (χ2n) is 3.09. The first-order chi connectivity index (χ1) is 7.09. The fourth-order valence-corrected chi connectivity index (χ4v) is 1.26. The molecular weight excluding hydrogens is 198 g/mol. The normalized spacial score (nSPS) is 10.5. The Balaban J connectivity index is 2.50. The number of carboxylic acid groups (broad SMARTS) is 1. The van der Waals surface area contributed by atoms with Gasteiger partial charge in [0.25, 0.3) is 0 Å². The molecule has 1 N–H and O–H groups in total. The number of aromatic nitrogens is 5. The van der Waals surface area contributed by atoms with Gasteiger partial charge in [-0.3, -0.25) is 4.68 Å². The summed E-state index contributed by atoms with van der Waals surface area (Å²) in [5.74, 6) is -0.537. The Kier molecular flexibility index (Phi) is 2.00. The summed E-state index contributed by atoms with van der Waals surface area (Å²) >= 11 is 0. The molecule has 0 unspecified atom stereocenters. The van der Waals surface area contributed by atoms with Gasteiger partial charge in [-0.25, -0.2) is 4.79 Å². The molecule has 0 fully saturated rings. The third-order valence-electron chi connectivity index (χ3n) is 2.01. The van der Waals surface area contributed by atoms with Gasteiger partial charge in [0.2, 0.25) is 0 Å². The van der Waals surface area contributed by atoms with E-state index in [1.807, 2.05) is 0 Å². The van der Waals surface area contributed by atoms with E-state index in [9.17, 15) is 4.79 Å². The minimum Gasteiger partial charge on any atom is -0.476 e. The van der Waals surface area contributed by atoms with Gasteiger partial charge in [-0.05, 0) is 6.92 Å². The van der Waals surface area contributed by atoms with Gasteiger partial charge >= 0.3 is 5.97 Å². The highest BCUT2D eigenvalue weighted by molar-refractivity contribution is 5.86. The van der Waals surface area contributed by atoms with Gasteiger partial charge in [-0.1, -0.05) is 5.21 Å². The molecule has 2 rings (SSSR count). The number of rotatable bonds is 2. The van der Waals surface area contributed by atoms with Gasteiger partial charge in [-0.2, -0.15) is 9.78 Å². The van der Waals surface area contributed by atoms with Gasteiger partial charge in [0.05, 0.1) is 5.69 Å². The smallest absolute Gasteiger partial charge is 0.358 e. The van der Waals surface area contributed by atoms with Crippen molar-refractivity contribution in [3.63, 3.8) is 0 Å². The molecule has 78 valence electrons. The summed E-state index contributed by atoms with van der Waals surface area (Å²) in [6.45, 7) is 1.64. The standard InChI is InChI=1S/C8H9N5O2/c1-5-7(8(14)15)9-11-13(5)6-3-4-12(2)10-6/h3-4H,1-2H3,(H,14,15). The molecule has 2 aromatic heterocycles. The average molecular weight is 207 g/mol. The molecule has 0 atom stereocenters. The van der Waals surface area contributed by atoms with Crippen molar-refractivity contribution in [1.29, 1.82) is 0 Å². The summed E-state index contributed by atoms with van der Waals surface area (Å²) in [5.41, 5.74) is 0.404. The SMILES string of the molecule is Cc1c(C(=O)O)nnn1-c1ccn(C)n1. The number of hydrogen-bond acceptors (Lipinski definition) is 4. The van der Waals surface area contributed by atoms with E-state index < -0.39 is 5.97 Å². The largest absolute Gasteiger partial charge is 0.476 e. The van der Waals surface area contributed by atoms with Gasteiger partial charge in [-0.15, -0.1) is 5.10 Å². The Morgan fingerprint density at radius 1 is 1.53 bits per heavy atom. The maximum atomic E-state index is 10.7. The maximum Gasteiger partial charge on any atom is 0.358 e. The molecule has 0 saturated carbocycles. The first kappa shape index (κ1) is 9.38. The molecule has 2 aromatic rings. The van der Waals surface area contributed by atoms with E-state index >= 15 is 0 Å². The minimum absolute atomic E-state index is 0.0550. The first-order valence-electron chi connectivity index (χ1n) is 4.25. The van der Waals surface area contributed by atoms with Crippen molar-refractivity contribution in [2.45, 2.75) is 6.92 Å². The number of hydrogen-bond donors (Lipinski definition) is 1. The summed E-state index contributed by atoms with van der Waals surface area (Å²) in [6.07, 6.45) is 1.75. The van der Waals surface area contributed by atoms with Gasteiger partial charge in [0.15, 0.2) is 11.5 Å². The van der Waals surface area contributed by atoms with Crippen LogP contribution < -0.4 is 0 Å². The van der Waals surface area contributed by atoms with Crippen molar-refractivity contribution >= 4 is 5.97 Å². The van der Waals surface area contributed by atoms with Crippen LogP contribution in [0.15, 0.2) is 12.3 Å². The van der Waals surface area contributed by atoms with Crippen LogP contribution in [0.4, 0.5) is 0 Å². The molecule has 0 saturated heterocycles. The predicted octanol–water partition coefficient (Wildman–Crippen LogP) is 0.00742. The Hall–Kier alpha value is -2.18. The third kappa shape index (κ3) is 1.47. The van der Waals surface area contributed by atoms with Gasteiger partial charge in [0.1, 0.15) is 0 Å². The van der Waals surface area contributed by atoms with Crippen molar-refractivity contribution in [2.75, 3.05) is 0 Å². The molecule has 7 nitrogen and oxygen atoms in total. The lowest BCUT2D eigenvalue weighted by atomic mass is 10.3. The van der Waals surface area contributed by atoms with Crippen LogP contribution in [0.5, 0.6) is 0 Å². The molecule has 0 aliphatic heterocycles. The molecule has 0 amide bonds. The summed E-state index contributed by atoms with van der Waals surface area (Å²) in [6, 6.07) is 1.73. The maximum absolute atomic E-state index is 10.7. The topological polar surface area (TPSA) is 85.8 Å². The molecule has 0 spiro atoms. The molecule has 0 radical (unpaired) electrons. The van der Waals surface area contributed by atoms with Crippen LogP contribution in [-0.4, -0.2) is 35.9 Å². The molecular formula is C8H9N5O2. The summed E-state index contributed by atoms with van der Waals surface area (Å²) < 4.78 is 3.00. The third-order valence-corrected chi connectivity index (χ3v) is 2.01. The quantitative estimate of drug-likeness (QED) is 0.749. The number of carboxylic acids is 1. The second kappa shape index (κ2) is 3.19. The Bertz CT molecular complexity index is 513. The van der Waals surface area contributed by atoms with Gasteiger partial charge < -0.3 is 5.11 Å². The van der Waals surface area contributed by atoms with Crippen molar-refractivity contribution in [3.8, 4) is 5.82 Å². The number of nitrogens with zero attached hydrogens (tertiary/aromatic N) is 5. The number of aromatic carboxylic acids is 1. The number of aryl methyl sites for hydroxylation is 1. The number of carbonyl (C=O) groups is 1.